The van der Waals surface area contributed by atoms with Crippen molar-refractivity contribution in [2.24, 2.45) is 0 Å². The van der Waals surface area contributed by atoms with Gasteiger partial charge in [-0.2, -0.15) is 0 Å². The van der Waals surface area contributed by atoms with Gasteiger partial charge < -0.3 is 4.74 Å². The van der Waals surface area contributed by atoms with E-state index in [-0.39, 0.29) is 11.9 Å². The smallest absolute Gasteiger partial charge is 0.164 e. The standard InChI is InChI=1S/C13H14BrClO2/c14-9-3-5-11(12(15)8-9)13(16)6-4-10-2-1-7-17-10/h3,5,8,10H,1-2,4,6-7H2. The second kappa shape index (κ2) is 5.98. The molecule has 17 heavy (non-hydrogen) atoms. The first-order valence-corrected chi connectivity index (χ1v) is 6.94. The second-order valence-electron chi connectivity index (χ2n) is 4.22. The van der Waals surface area contributed by atoms with E-state index in [0.717, 1.165) is 30.3 Å². The molecule has 92 valence electrons. The molecule has 0 amide bonds. The summed E-state index contributed by atoms with van der Waals surface area (Å²) in [4.78, 5) is 12.0. The third-order valence-corrected chi connectivity index (χ3v) is 3.75. The molecule has 2 nitrogen and oxygen atoms in total. The number of hydrogen-bond acceptors (Lipinski definition) is 2. The Kier molecular flexibility index (Phi) is 4.60. The number of carbonyl (C=O) groups is 1. The predicted octanol–water partition coefficient (Wildman–Crippen LogP) is 4.24. The van der Waals surface area contributed by atoms with E-state index in [1.165, 1.54) is 0 Å². The third-order valence-electron chi connectivity index (χ3n) is 2.95. The molecule has 1 fully saturated rings. The molecule has 0 aliphatic carbocycles. The minimum atomic E-state index is 0.0954. The molecule has 1 aliphatic heterocycles. The molecular weight excluding hydrogens is 303 g/mol. The van der Waals surface area contributed by atoms with Crippen LogP contribution in [-0.4, -0.2) is 18.5 Å². The largest absolute Gasteiger partial charge is 0.378 e. The summed E-state index contributed by atoms with van der Waals surface area (Å²) in [5, 5.41) is 0.511. The topological polar surface area (TPSA) is 26.3 Å². The summed E-state index contributed by atoms with van der Waals surface area (Å²) in [5.41, 5.74) is 0.605. The lowest BCUT2D eigenvalue weighted by Gasteiger charge is -2.09. The van der Waals surface area contributed by atoms with E-state index < -0.39 is 0 Å². The fourth-order valence-electron chi connectivity index (χ4n) is 2.01. The first-order chi connectivity index (χ1) is 8.16. The zero-order valence-electron chi connectivity index (χ0n) is 9.42. The maximum atomic E-state index is 12.0. The number of ether oxygens (including phenoxy) is 1. The van der Waals surface area contributed by atoms with Crippen LogP contribution in [-0.2, 0) is 4.74 Å². The lowest BCUT2D eigenvalue weighted by molar-refractivity contribution is 0.0859. The molecular formula is C13H14BrClO2. The SMILES string of the molecule is O=C(CCC1CCCO1)c1ccc(Br)cc1Cl. The van der Waals surface area contributed by atoms with E-state index >= 15 is 0 Å². The molecule has 1 unspecified atom stereocenters. The number of Topliss-reactive ketones (excluding diaryl/α,β-unsaturated/α-hetero) is 1. The van der Waals surface area contributed by atoms with Crippen molar-refractivity contribution < 1.29 is 9.53 Å². The minimum absolute atomic E-state index is 0.0954. The van der Waals surface area contributed by atoms with E-state index in [9.17, 15) is 4.79 Å². The maximum absolute atomic E-state index is 12.0. The van der Waals surface area contributed by atoms with Crippen molar-refractivity contribution in [2.75, 3.05) is 6.61 Å². The van der Waals surface area contributed by atoms with Gasteiger partial charge in [0.1, 0.15) is 0 Å². The summed E-state index contributed by atoms with van der Waals surface area (Å²) in [6.45, 7) is 0.831. The van der Waals surface area contributed by atoms with Gasteiger partial charge >= 0.3 is 0 Å². The molecule has 1 heterocycles. The van der Waals surface area contributed by atoms with Crippen LogP contribution in [0.2, 0.25) is 5.02 Å². The van der Waals surface area contributed by atoms with Crippen molar-refractivity contribution >= 4 is 33.3 Å². The lowest BCUT2D eigenvalue weighted by Crippen LogP contribution is -2.09. The molecule has 0 radical (unpaired) electrons. The van der Waals surface area contributed by atoms with Crippen molar-refractivity contribution in [3.05, 3.63) is 33.3 Å². The molecule has 1 atom stereocenters. The van der Waals surface area contributed by atoms with Crippen molar-refractivity contribution in [3.8, 4) is 0 Å². The zero-order valence-corrected chi connectivity index (χ0v) is 11.8. The molecule has 0 bridgehead atoms. The molecule has 2 rings (SSSR count). The Balaban J connectivity index is 1.94. The summed E-state index contributed by atoms with van der Waals surface area (Å²) >= 11 is 9.36. The highest BCUT2D eigenvalue weighted by Gasteiger charge is 2.18. The van der Waals surface area contributed by atoms with Gasteiger partial charge in [-0.25, -0.2) is 0 Å². The van der Waals surface area contributed by atoms with Crippen LogP contribution in [0.5, 0.6) is 0 Å². The molecule has 0 spiro atoms. The Morgan fingerprint density at radius 1 is 1.53 bits per heavy atom. The van der Waals surface area contributed by atoms with Gasteiger partial charge in [-0.15, -0.1) is 0 Å². The Morgan fingerprint density at radius 3 is 3.00 bits per heavy atom. The summed E-state index contributed by atoms with van der Waals surface area (Å²) in [7, 11) is 0. The first-order valence-electron chi connectivity index (χ1n) is 5.76. The molecule has 1 aliphatic rings. The summed E-state index contributed by atoms with van der Waals surface area (Å²) in [6.07, 6.45) is 3.74. The molecule has 0 saturated carbocycles. The van der Waals surface area contributed by atoms with Crippen molar-refractivity contribution in [1.82, 2.24) is 0 Å². The van der Waals surface area contributed by atoms with Crippen LogP contribution in [0.25, 0.3) is 0 Å². The normalized spacial score (nSPS) is 19.5. The fourth-order valence-corrected chi connectivity index (χ4v) is 2.79. The van der Waals surface area contributed by atoms with Crippen LogP contribution in [0.15, 0.2) is 22.7 Å². The Hall–Kier alpha value is -0.380. The van der Waals surface area contributed by atoms with Gasteiger partial charge in [0.25, 0.3) is 0 Å². The van der Waals surface area contributed by atoms with Gasteiger partial charge in [0, 0.05) is 23.1 Å². The zero-order chi connectivity index (χ0) is 12.3. The van der Waals surface area contributed by atoms with E-state index in [2.05, 4.69) is 15.9 Å². The number of ketones is 1. The van der Waals surface area contributed by atoms with E-state index in [0.29, 0.717) is 17.0 Å². The van der Waals surface area contributed by atoms with Crippen molar-refractivity contribution in [1.29, 1.82) is 0 Å². The summed E-state index contributed by atoms with van der Waals surface area (Å²) in [5.74, 6) is 0.0954. The van der Waals surface area contributed by atoms with Crippen LogP contribution in [0.4, 0.5) is 0 Å². The highest BCUT2D eigenvalue weighted by molar-refractivity contribution is 9.10. The average molecular weight is 318 g/mol. The van der Waals surface area contributed by atoms with Gasteiger partial charge in [-0.05, 0) is 37.5 Å². The maximum Gasteiger partial charge on any atom is 0.164 e. The van der Waals surface area contributed by atoms with E-state index in [1.54, 1.807) is 12.1 Å². The quantitative estimate of drug-likeness (QED) is 0.776. The molecule has 1 aromatic rings. The van der Waals surface area contributed by atoms with Crippen LogP contribution < -0.4 is 0 Å². The van der Waals surface area contributed by atoms with Gasteiger partial charge in [0.2, 0.25) is 0 Å². The molecule has 4 heteroatoms. The minimum Gasteiger partial charge on any atom is -0.378 e. The Labute approximate surface area is 114 Å². The van der Waals surface area contributed by atoms with Crippen LogP contribution in [0.3, 0.4) is 0 Å². The summed E-state index contributed by atoms with van der Waals surface area (Å²) in [6, 6.07) is 5.36. The van der Waals surface area contributed by atoms with Gasteiger partial charge in [-0.3, -0.25) is 4.79 Å². The van der Waals surface area contributed by atoms with Crippen molar-refractivity contribution in [2.45, 2.75) is 31.8 Å². The van der Waals surface area contributed by atoms with Crippen LogP contribution in [0.1, 0.15) is 36.0 Å². The second-order valence-corrected chi connectivity index (χ2v) is 5.54. The predicted molar refractivity (Wildman–Crippen MR) is 71.7 cm³/mol. The number of carbonyl (C=O) groups excluding carboxylic acids is 1. The Bertz CT molecular complexity index is 414. The van der Waals surface area contributed by atoms with Gasteiger partial charge in [0.05, 0.1) is 11.1 Å². The number of hydrogen-bond donors (Lipinski definition) is 0. The monoisotopic (exact) mass is 316 g/mol. The molecule has 1 saturated heterocycles. The lowest BCUT2D eigenvalue weighted by atomic mass is 10.0. The number of benzene rings is 1. The summed E-state index contributed by atoms with van der Waals surface area (Å²) < 4.78 is 6.38. The van der Waals surface area contributed by atoms with E-state index in [1.807, 2.05) is 6.07 Å². The van der Waals surface area contributed by atoms with E-state index in [4.69, 9.17) is 16.3 Å². The highest BCUT2D eigenvalue weighted by Crippen LogP contribution is 2.24. The fraction of sp³-hybridized carbons (Fsp3) is 0.462. The first kappa shape index (κ1) is 13.1. The van der Waals surface area contributed by atoms with Crippen LogP contribution >= 0.6 is 27.5 Å². The van der Waals surface area contributed by atoms with Crippen LogP contribution in [0, 0.1) is 0 Å². The van der Waals surface area contributed by atoms with Gasteiger partial charge in [0.15, 0.2) is 5.78 Å². The average Bonchev–Trinajstić information content (AvgIpc) is 2.78. The molecule has 0 aromatic heterocycles. The van der Waals surface area contributed by atoms with Gasteiger partial charge in [-0.1, -0.05) is 27.5 Å². The third kappa shape index (κ3) is 3.54. The number of halogens is 2. The van der Waals surface area contributed by atoms with Crippen molar-refractivity contribution in [3.63, 3.8) is 0 Å². The molecule has 1 aromatic carbocycles. The number of rotatable bonds is 4. The Morgan fingerprint density at radius 2 is 2.35 bits per heavy atom. The highest BCUT2D eigenvalue weighted by atomic mass is 79.9. The molecule has 0 N–H and O–H groups in total.